The van der Waals surface area contributed by atoms with E-state index in [2.05, 4.69) is 10.3 Å². The number of hydrogen-bond donors (Lipinski definition) is 2. The molecule has 2 heterocycles. The smallest absolute Gasteiger partial charge is 0.393 e. The van der Waals surface area contributed by atoms with Gasteiger partial charge in [0, 0.05) is 11.3 Å². The Morgan fingerprint density at radius 2 is 1.70 bits per heavy atom. The van der Waals surface area contributed by atoms with E-state index in [1.54, 1.807) is 42.5 Å². The number of hydrogen-bond acceptors (Lipinski definition) is 5. The van der Waals surface area contributed by atoms with Gasteiger partial charge in [-0.25, -0.2) is 4.98 Å². The number of benzene rings is 2. The highest BCUT2D eigenvalue weighted by Gasteiger charge is 2.35. The number of anilines is 3. The first-order valence-electron chi connectivity index (χ1n) is 8.97. The number of nitrogens with zero attached hydrogens (tertiary/aromatic N) is 1. The van der Waals surface area contributed by atoms with Crippen molar-refractivity contribution in [3.05, 3.63) is 82.0 Å². The Balaban J connectivity index is 1.96. The average molecular weight is 427 g/mol. The van der Waals surface area contributed by atoms with Gasteiger partial charge in [-0.15, -0.1) is 0 Å². The van der Waals surface area contributed by atoms with Crippen LogP contribution in [0.5, 0.6) is 0 Å². The number of fused-ring (bicyclic) bond motifs is 1. The van der Waals surface area contributed by atoms with Crippen molar-refractivity contribution in [2.24, 2.45) is 0 Å². The monoisotopic (exact) mass is 427 g/mol. The van der Waals surface area contributed by atoms with Gasteiger partial charge in [0.1, 0.15) is 15.5 Å². The largest absolute Gasteiger partial charge is 0.417 e. The van der Waals surface area contributed by atoms with Crippen molar-refractivity contribution in [1.82, 2.24) is 4.98 Å². The summed E-state index contributed by atoms with van der Waals surface area (Å²) < 4.78 is 41.4. The number of nitrogens with one attached hydrogen (secondary N) is 1. The molecule has 8 heteroatoms. The van der Waals surface area contributed by atoms with E-state index in [9.17, 15) is 18.0 Å². The Hall–Kier alpha value is -3.39. The van der Waals surface area contributed by atoms with Gasteiger partial charge in [-0.05, 0) is 25.1 Å². The molecule has 3 N–H and O–H groups in total. The minimum atomic E-state index is -4.73. The number of halogens is 3. The fourth-order valence-corrected chi connectivity index (χ4v) is 4.06. The van der Waals surface area contributed by atoms with Crippen LogP contribution in [0.1, 0.15) is 11.1 Å². The molecule has 152 valence electrons. The Bertz CT molecular complexity index is 1280. The third-order valence-corrected chi connectivity index (χ3v) is 5.60. The second-order valence-electron chi connectivity index (χ2n) is 6.76. The van der Waals surface area contributed by atoms with E-state index in [0.717, 1.165) is 23.0 Å². The first-order valence-corrected chi connectivity index (χ1v) is 9.79. The maximum Gasteiger partial charge on any atom is 0.417 e. The number of nitrogen functional groups attached to an aromatic ring is 1. The van der Waals surface area contributed by atoms with Crippen LogP contribution in [0.3, 0.4) is 0 Å². The highest BCUT2D eigenvalue weighted by molar-refractivity contribution is 7.22. The predicted molar refractivity (Wildman–Crippen MR) is 115 cm³/mol. The van der Waals surface area contributed by atoms with Gasteiger partial charge in [0.05, 0.1) is 16.6 Å². The molecule has 0 spiro atoms. The number of alkyl halides is 3. The normalized spacial score (nSPS) is 11.6. The van der Waals surface area contributed by atoms with Gasteiger partial charge >= 0.3 is 6.18 Å². The molecule has 0 bridgehead atoms. The van der Waals surface area contributed by atoms with E-state index >= 15 is 0 Å². The zero-order valence-corrected chi connectivity index (χ0v) is 16.6. The van der Waals surface area contributed by atoms with E-state index in [1.807, 2.05) is 19.1 Å². The van der Waals surface area contributed by atoms with Gasteiger partial charge in [-0.1, -0.05) is 59.4 Å². The van der Waals surface area contributed by atoms with Crippen LogP contribution in [-0.2, 0) is 6.18 Å². The van der Waals surface area contributed by atoms with E-state index in [1.165, 1.54) is 0 Å². The highest BCUT2D eigenvalue weighted by Crippen LogP contribution is 2.39. The van der Waals surface area contributed by atoms with E-state index in [-0.39, 0.29) is 21.2 Å². The first-order chi connectivity index (χ1) is 14.2. The van der Waals surface area contributed by atoms with E-state index < -0.39 is 22.6 Å². The molecule has 30 heavy (non-hydrogen) atoms. The zero-order chi connectivity index (χ0) is 21.5. The lowest BCUT2D eigenvalue weighted by Crippen LogP contribution is -2.16. The number of rotatable bonds is 3. The third-order valence-electron chi connectivity index (χ3n) is 4.59. The van der Waals surface area contributed by atoms with Crippen molar-refractivity contribution >= 4 is 37.9 Å². The summed E-state index contributed by atoms with van der Waals surface area (Å²) in [5.74, 6) is 0. The molecule has 0 aliphatic carbocycles. The third kappa shape index (κ3) is 3.73. The van der Waals surface area contributed by atoms with Gasteiger partial charge in [0.15, 0.2) is 0 Å². The molecular weight excluding hydrogens is 411 g/mol. The highest BCUT2D eigenvalue weighted by atomic mass is 32.1. The Morgan fingerprint density at radius 3 is 2.33 bits per heavy atom. The SMILES string of the molecule is Cc1ccc(Nc2sc3nc(-c4ccccc4)cc(C(F)(F)F)c3c(=O)c2N)cc1. The molecule has 0 aliphatic rings. The van der Waals surface area contributed by atoms with Crippen molar-refractivity contribution in [2.45, 2.75) is 13.1 Å². The van der Waals surface area contributed by atoms with Gasteiger partial charge in [-0.3, -0.25) is 4.79 Å². The molecule has 4 aromatic rings. The predicted octanol–water partition coefficient (Wildman–Crippen LogP) is 5.98. The number of aryl methyl sites for hydroxylation is 1. The van der Waals surface area contributed by atoms with Crippen molar-refractivity contribution < 1.29 is 13.2 Å². The fourth-order valence-electron chi connectivity index (χ4n) is 3.05. The number of aromatic nitrogens is 1. The second-order valence-corrected chi connectivity index (χ2v) is 7.76. The lowest BCUT2D eigenvalue weighted by molar-refractivity contribution is -0.136. The van der Waals surface area contributed by atoms with Gasteiger partial charge < -0.3 is 11.1 Å². The summed E-state index contributed by atoms with van der Waals surface area (Å²) in [6, 6.07) is 16.8. The fraction of sp³-hybridized carbons (Fsp3) is 0.0909. The molecule has 0 amide bonds. The average Bonchev–Trinajstić information content (AvgIpc) is 2.72. The Morgan fingerprint density at radius 1 is 1.03 bits per heavy atom. The van der Waals surface area contributed by atoms with Crippen LogP contribution in [-0.4, -0.2) is 4.98 Å². The van der Waals surface area contributed by atoms with Crippen LogP contribution in [0.2, 0.25) is 0 Å². The summed E-state index contributed by atoms with van der Waals surface area (Å²) in [7, 11) is 0. The molecule has 0 atom stereocenters. The molecule has 0 aliphatic heterocycles. The van der Waals surface area contributed by atoms with Crippen LogP contribution in [0.4, 0.5) is 29.5 Å². The van der Waals surface area contributed by atoms with Crippen LogP contribution >= 0.6 is 11.3 Å². The molecule has 0 unspecified atom stereocenters. The second kappa shape index (κ2) is 7.46. The lowest BCUT2D eigenvalue weighted by Gasteiger charge is -2.14. The van der Waals surface area contributed by atoms with Gasteiger partial charge in [-0.2, -0.15) is 13.2 Å². The maximum atomic E-state index is 13.8. The van der Waals surface area contributed by atoms with Crippen LogP contribution in [0.25, 0.3) is 21.5 Å². The number of nitrogens with two attached hydrogens (primary N) is 1. The van der Waals surface area contributed by atoms with Crippen molar-refractivity contribution in [1.29, 1.82) is 0 Å². The Labute approximate surface area is 173 Å². The van der Waals surface area contributed by atoms with Crippen LogP contribution in [0, 0.1) is 6.92 Å². The summed E-state index contributed by atoms with van der Waals surface area (Å²) in [4.78, 5) is 17.1. The topological polar surface area (TPSA) is 68.0 Å². The molecule has 2 aromatic carbocycles. The summed E-state index contributed by atoms with van der Waals surface area (Å²) >= 11 is 0.919. The zero-order valence-electron chi connectivity index (χ0n) is 15.7. The van der Waals surface area contributed by atoms with Crippen LogP contribution in [0.15, 0.2) is 65.5 Å². The molecule has 4 nitrogen and oxygen atoms in total. The lowest BCUT2D eigenvalue weighted by atomic mass is 10.1. The first kappa shape index (κ1) is 19.9. The molecule has 4 rings (SSSR count). The molecule has 0 saturated carbocycles. The molecule has 0 saturated heterocycles. The Kier molecular flexibility index (Phi) is 4.95. The molecular formula is C22H16F3N3OS. The minimum absolute atomic E-state index is 0.0301. The van der Waals surface area contributed by atoms with Crippen molar-refractivity contribution in [3.63, 3.8) is 0 Å². The molecule has 0 fully saturated rings. The van der Waals surface area contributed by atoms with Gasteiger partial charge in [0.2, 0.25) is 5.43 Å². The summed E-state index contributed by atoms with van der Waals surface area (Å²) in [5.41, 5.74) is 6.09. The quantitative estimate of drug-likeness (QED) is 0.422. The van der Waals surface area contributed by atoms with Crippen molar-refractivity contribution in [3.8, 4) is 11.3 Å². The maximum absolute atomic E-state index is 13.8. The van der Waals surface area contributed by atoms with Gasteiger partial charge in [0.25, 0.3) is 0 Å². The summed E-state index contributed by atoms with van der Waals surface area (Å²) in [5, 5.41) is 2.76. The van der Waals surface area contributed by atoms with E-state index in [0.29, 0.717) is 11.3 Å². The number of pyridine rings is 1. The molecule has 2 aromatic heterocycles. The van der Waals surface area contributed by atoms with Crippen molar-refractivity contribution in [2.75, 3.05) is 11.1 Å². The minimum Gasteiger partial charge on any atom is -0.393 e. The summed E-state index contributed by atoms with van der Waals surface area (Å²) in [6.45, 7) is 1.93. The molecule has 0 radical (unpaired) electrons. The standard InChI is InChI=1S/C22H16F3N3OS/c1-12-7-9-14(10-8-12)27-21-18(26)19(29)17-15(22(23,24)25)11-16(28-20(17)30-21)13-5-3-2-4-6-13/h2-11,27H,26H2,1H3. The summed E-state index contributed by atoms with van der Waals surface area (Å²) in [6.07, 6.45) is -4.73. The van der Waals surface area contributed by atoms with Crippen LogP contribution < -0.4 is 16.5 Å². The van der Waals surface area contributed by atoms with E-state index in [4.69, 9.17) is 5.73 Å².